The van der Waals surface area contributed by atoms with Crippen molar-refractivity contribution in [2.45, 2.75) is 20.8 Å². The summed E-state index contributed by atoms with van der Waals surface area (Å²) in [7, 11) is 2.26. The van der Waals surface area contributed by atoms with Crippen LogP contribution in [0.25, 0.3) is 0 Å². The van der Waals surface area contributed by atoms with E-state index in [1.807, 2.05) is 18.7 Å². The second kappa shape index (κ2) is 6.10. The summed E-state index contributed by atoms with van der Waals surface area (Å²) in [4.78, 5) is 14.4. The third-order valence-corrected chi connectivity index (χ3v) is 4.45. The highest BCUT2D eigenvalue weighted by Gasteiger charge is 2.29. The first kappa shape index (κ1) is 15.3. The normalized spacial score (nSPS) is 26.9. The van der Waals surface area contributed by atoms with Crippen molar-refractivity contribution in [3.63, 3.8) is 0 Å². The zero-order valence-corrected chi connectivity index (χ0v) is 13.2. The molecule has 1 saturated heterocycles. The summed E-state index contributed by atoms with van der Waals surface area (Å²) >= 11 is 0. The Morgan fingerprint density at radius 3 is 2.65 bits per heavy atom. The summed E-state index contributed by atoms with van der Waals surface area (Å²) in [5.74, 6) is 0.189. The Bertz CT molecular complexity index is 434. The van der Waals surface area contributed by atoms with E-state index in [2.05, 4.69) is 26.1 Å². The largest absolute Gasteiger partial charge is 0.370 e. The quantitative estimate of drug-likeness (QED) is 0.737. The lowest BCUT2D eigenvalue weighted by atomic mass is 10.1. The predicted octanol–water partition coefficient (Wildman–Crippen LogP) is 1.79. The molecule has 112 valence electrons. The zero-order chi connectivity index (χ0) is 14.8. The van der Waals surface area contributed by atoms with Gasteiger partial charge < -0.3 is 14.1 Å². The lowest BCUT2D eigenvalue weighted by Crippen LogP contribution is -2.55. The molecule has 0 aromatic carbocycles. The topological polar surface area (TPSA) is 29.5 Å². The van der Waals surface area contributed by atoms with Crippen LogP contribution in [0.5, 0.6) is 0 Å². The third kappa shape index (κ3) is 3.49. The highest BCUT2D eigenvalue weighted by atomic mass is 16.5. The number of nitrogens with zero attached hydrogens (tertiary/aromatic N) is 2. The van der Waals surface area contributed by atoms with Crippen molar-refractivity contribution in [2.24, 2.45) is 5.92 Å². The Morgan fingerprint density at radius 1 is 1.35 bits per heavy atom. The number of rotatable bonds is 3. The van der Waals surface area contributed by atoms with E-state index in [4.69, 9.17) is 4.74 Å². The molecular weight excluding hydrogens is 252 g/mol. The highest BCUT2D eigenvalue weighted by Crippen LogP contribution is 2.20. The molecular formula is C16H27N2O2+. The molecule has 2 aliphatic heterocycles. The van der Waals surface area contributed by atoms with E-state index in [9.17, 15) is 4.79 Å². The number of allylic oxidation sites excluding steroid dienone is 3. The number of likely N-dealkylation sites (N-methyl/N-ethyl adjacent to an activating group) is 1. The first-order valence-corrected chi connectivity index (χ1v) is 7.51. The Morgan fingerprint density at radius 2 is 2.00 bits per heavy atom. The minimum Gasteiger partial charge on any atom is -0.370 e. The van der Waals surface area contributed by atoms with Gasteiger partial charge in [-0.3, -0.25) is 4.79 Å². The molecule has 0 aromatic heterocycles. The number of carbonyl (C=O) groups is 1. The lowest BCUT2D eigenvalue weighted by molar-refractivity contribution is -0.916. The van der Waals surface area contributed by atoms with E-state index in [-0.39, 0.29) is 11.8 Å². The molecule has 0 radical (unpaired) electrons. The molecule has 0 spiro atoms. The van der Waals surface area contributed by atoms with Crippen LogP contribution >= 0.6 is 0 Å². The van der Waals surface area contributed by atoms with Gasteiger partial charge in [0.2, 0.25) is 5.91 Å². The average molecular weight is 279 g/mol. The molecule has 0 aliphatic carbocycles. The van der Waals surface area contributed by atoms with E-state index in [1.165, 1.54) is 5.57 Å². The van der Waals surface area contributed by atoms with Crippen molar-refractivity contribution in [3.8, 4) is 0 Å². The van der Waals surface area contributed by atoms with Gasteiger partial charge in [-0.1, -0.05) is 18.6 Å². The summed E-state index contributed by atoms with van der Waals surface area (Å²) < 4.78 is 6.43. The SMILES string of the molecule is CC1=CC(C)C(=O)N(CC[N+]2(C)CCOCC2)C(C)=C1. The van der Waals surface area contributed by atoms with E-state index in [1.54, 1.807) is 0 Å². The van der Waals surface area contributed by atoms with Crippen LogP contribution in [0.2, 0.25) is 0 Å². The number of quaternary nitrogens is 1. The van der Waals surface area contributed by atoms with Crippen LogP contribution in [0.3, 0.4) is 0 Å². The molecule has 2 rings (SSSR count). The molecule has 2 heterocycles. The van der Waals surface area contributed by atoms with Gasteiger partial charge in [-0.25, -0.2) is 0 Å². The van der Waals surface area contributed by atoms with E-state index in [0.717, 1.165) is 49.6 Å². The van der Waals surface area contributed by atoms with Crippen LogP contribution in [0.1, 0.15) is 20.8 Å². The molecule has 4 nitrogen and oxygen atoms in total. The second-order valence-corrected chi connectivity index (χ2v) is 6.38. The molecule has 1 fully saturated rings. The molecule has 0 bridgehead atoms. The summed E-state index contributed by atoms with van der Waals surface area (Å²) in [6.45, 7) is 11.6. The average Bonchev–Trinajstić information content (AvgIpc) is 2.46. The lowest BCUT2D eigenvalue weighted by Gasteiger charge is -2.39. The Balaban J connectivity index is 2.04. The van der Waals surface area contributed by atoms with Gasteiger partial charge in [0.15, 0.2) is 0 Å². The fourth-order valence-corrected chi connectivity index (χ4v) is 2.98. The van der Waals surface area contributed by atoms with E-state index in [0.29, 0.717) is 0 Å². The standard InChI is InChI=1S/C16H27N2O2/c1-13-11-14(2)16(19)17(15(3)12-13)5-6-18(4)7-9-20-10-8-18/h11-12,14H,5-10H2,1-4H3/q+1. The van der Waals surface area contributed by atoms with Crippen molar-refractivity contribution in [1.29, 1.82) is 0 Å². The van der Waals surface area contributed by atoms with Crippen LogP contribution in [0.15, 0.2) is 23.4 Å². The summed E-state index contributed by atoms with van der Waals surface area (Å²) in [6, 6.07) is 0. The number of carbonyl (C=O) groups excluding carboxylic acids is 1. The molecule has 4 heteroatoms. The Kier molecular flexibility index (Phi) is 4.66. The number of amides is 1. The minimum atomic E-state index is -0.0290. The molecule has 20 heavy (non-hydrogen) atoms. The fraction of sp³-hybridized carbons (Fsp3) is 0.688. The van der Waals surface area contributed by atoms with Gasteiger partial charge in [0, 0.05) is 5.70 Å². The summed E-state index contributed by atoms with van der Waals surface area (Å²) in [5, 5.41) is 0. The van der Waals surface area contributed by atoms with Crippen LogP contribution in [-0.2, 0) is 9.53 Å². The molecule has 1 amide bonds. The van der Waals surface area contributed by atoms with Crippen molar-refractivity contribution >= 4 is 5.91 Å². The van der Waals surface area contributed by atoms with Gasteiger partial charge in [-0.15, -0.1) is 0 Å². The second-order valence-electron chi connectivity index (χ2n) is 6.38. The molecule has 0 aromatic rings. The Hall–Kier alpha value is -1.13. The first-order chi connectivity index (χ1) is 9.41. The molecule has 1 atom stereocenters. The molecule has 0 saturated carbocycles. The van der Waals surface area contributed by atoms with E-state index >= 15 is 0 Å². The predicted molar refractivity (Wildman–Crippen MR) is 80.0 cm³/mol. The number of morpholine rings is 1. The van der Waals surface area contributed by atoms with Crippen LogP contribution in [0.4, 0.5) is 0 Å². The highest BCUT2D eigenvalue weighted by molar-refractivity contribution is 5.82. The van der Waals surface area contributed by atoms with Gasteiger partial charge >= 0.3 is 0 Å². The van der Waals surface area contributed by atoms with Crippen molar-refractivity contribution in [2.75, 3.05) is 46.4 Å². The van der Waals surface area contributed by atoms with Crippen LogP contribution in [-0.4, -0.2) is 61.7 Å². The maximum absolute atomic E-state index is 12.5. The smallest absolute Gasteiger partial charge is 0.233 e. The Labute approximate surface area is 122 Å². The van der Waals surface area contributed by atoms with Crippen molar-refractivity contribution in [3.05, 3.63) is 23.4 Å². The number of hydrogen-bond acceptors (Lipinski definition) is 2. The fourth-order valence-electron chi connectivity index (χ4n) is 2.98. The molecule has 0 N–H and O–H groups in total. The van der Waals surface area contributed by atoms with Crippen LogP contribution in [0, 0.1) is 5.92 Å². The molecule has 2 aliphatic rings. The maximum Gasteiger partial charge on any atom is 0.233 e. The van der Waals surface area contributed by atoms with Gasteiger partial charge in [0.25, 0.3) is 0 Å². The van der Waals surface area contributed by atoms with Crippen LogP contribution < -0.4 is 0 Å². The third-order valence-electron chi connectivity index (χ3n) is 4.45. The zero-order valence-electron chi connectivity index (χ0n) is 13.2. The van der Waals surface area contributed by atoms with E-state index < -0.39 is 0 Å². The monoisotopic (exact) mass is 279 g/mol. The van der Waals surface area contributed by atoms with Crippen molar-refractivity contribution < 1.29 is 14.0 Å². The molecule has 1 unspecified atom stereocenters. The van der Waals surface area contributed by atoms with Gasteiger partial charge in [-0.05, 0) is 19.9 Å². The first-order valence-electron chi connectivity index (χ1n) is 7.51. The number of ether oxygens (including phenoxy) is 1. The van der Waals surface area contributed by atoms with Gasteiger partial charge in [0.05, 0.1) is 39.3 Å². The van der Waals surface area contributed by atoms with Gasteiger partial charge in [-0.2, -0.15) is 0 Å². The summed E-state index contributed by atoms with van der Waals surface area (Å²) in [6.07, 6.45) is 4.16. The van der Waals surface area contributed by atoms with Crippen molar-refractivity contribution in [1.82, 2.24) is 4.90 Å². The summed E-state index contributed by atoms with van der Waals surface area (Å²) in [5.41, 5.74) is 2.24. The maximum atomic E-state index is 12.5. The van der Waals surface area contributed by atoms with Gasteiger partial charge in [0.1, 0.15) is 13.1 Å². The minimum absolute atomic E-state index is 0.0290. The number of hydrogen-bond donors (Lipinski definition) is 0.